The third kappa shape index (κ3) is 6.26. The number of rotatable bonds is 10. The predicted octanol–water partition coefficient (Wildman–Crippen LogP) is 2.70. The third-order valence-corrected chi connectivity index (χ3v) is 3.49. The third-order valence-electron chi connectivity index (χ3n) is 3.49. The van der Waals surface area contributed by atoms with Gasteiger partial charge in [-0.25, -0.2) is 4.99 Å². The molecule has 0 aliphatic carbocycles. The summed E-state index contributed by atoms with van der Waals surface area (Å²) < 4.78 is 16.0. The van der Waals surface area contributed by atoms with E-state index in [2.05, 4.69) is 17.2 Å². The van der Waals surface area contributed by atoms with Gasteiger partial charge in [-0.2, -0.15) is 0 Å². The van der Waals surface area contributed by atoms with E-state index in [1.54, 1.807) is 21.3 Å². The van der Waals surface area contributed by atoms with Gasteiger partial charge in [0.1, 0.15) is 0 Å². The van der Waals surface area contributed by atoms with Crippen molar-refractivity contribution >= 4 is 5.96 Å². The molecule has 1 aromatic rings. The molecule has 130 valence electrons. The van der Waals surface area contributed by atoms with Crippen molar-refractivity contribution in [2.24, 2.45) is 10.7 Å². The first-order valence-corrected chi connectivity index (χ1v) is 7.98. The summed E-state index contributed by atoms with van der Waals surface area (Å²) in [4.78, 5) is 4.35. The molecule has 6 heteroatoms. The van der Waals surface area contributed by atoms with Crippen LogP contribution in [0.1, 0.15) is 38.2 Å². The van der Waals surface area contributed by atoms with Crippen LogP contribution in [0.15, 0.2) is 17.1 Å². The zero-order valence-electron chi connectivity index (χ0n) is 14.6. The van der Waals surface area contributed by atoms with Gasteiger partial charge in [0, 0.05) is 6.54 Å². The number of nitrogens with two attached hydrogens (primary N) is 1. The molecule has 0 spiro atoms. The molecule has 0 aromatic heterocycles. The van der Waals surface area contributed by atoms with E-state index in [9.17, 15) is 0 Å². The molecule has 0 aliphatic rings. The van der Waals surface area contributed by atoms with Crippen molar-refractivity contribution < 1.29 is 14.2 Å². The van der Waals surface area contributed by atoms with Crippen LogP contribution in [0.25, 0.3) is 0 Å². The van der Waals surface area contributed by atoms with E-state index in [-0.39, 0.29) is 0 Å². The van der Waals surface area contributed by atoms with Gasteiger partial charge in [-0.1, -0.05) is 26.2 Å². The second-order valence-electron chi connectivity index (χ2n) is 5.22. The lowest BCUT2D eigenvalue weighted by molar-refractivity contribution is 0.324. The van der Waals surface area contributed by atoms with Gasteiger partial charge >= 0.3 is 0 Å². The fourth-order valence-electron chi connectivity index (χ4n) is 2.23. The van der Waals surface area contributed by atoms with Crippen LogP contribution in [-0.2, 0) is 6.54 Å². The van der Waals surface area contributed by atoms with Gasteiger partial charge in [-0.05, 0) is 24.1 Å². The van der Waals surface area contributed by atoms with Crippen molar-refractivity contribution in [3.05, 3.63) is 17.7 Å². The van der Waals surface area contributed by atoms with Crippen LogP contribution in [0, 0.1) is 0 Å². The zero-order valence-corrected chi connectivity index (χ0v) is 14.6. The Balaban J connectivity index is 2.64. The average molecular weight is 323 g/mol. The van der Waals surface area contributed by atoms with Gasteiger partial charge in [0.25, 0.3) is 0 Å². The summed E-state index contributed by atoms with van der Waals surface area (Å²) in [5.41, 5.74) is 6.83. The minimum Gasteiger partial charge on any atom is -0.493 e. The Labute approximate surface area is 139 Å². The van der Waals surface area contributed by atoms with E-state index in [1.165, 1.54) is 19.3 Å². The van der Waals surface area contributed by atoms with Crippen LogP contribution < -0.4 is 25.3 Å². The number of hydrogen-bond acceptors (Lipinski definition) is 4. The lowest BCUT2D eigenvalue weighted by Crippen LogP contribution is -2.32. The molecule has 0 saturated carbocycles. The number of ether oxygens (including phenoxy) is 3. The van der Waals surface area contributed by atoms with Crippen molar-refractivity contribution in [1.29, 1.82) is 0 Å². The Morgan fingerprint density at radius 1 is 1.04 bits per heavy atom. The summed E-state index contributed by atoms with van der Waals surface area (Å²) in [6.45, 7) is 3.50. The number of hydrogen-bond donors (Lipinski definition) is 2. The zero-order chi connectivity index (χ0) is 17.1. The smallest absolute Gasteiger partial charge is 0.203 e. The Morgan fingerprint density at radius 3 is 2.22 bits per heavy atom. The number of methoxy groups -OCH3 is 3. The molecular formula is C17H29N3O3. The first kappa shape index (κ1) is 18.9. The lowest BCUT2D eigenvalue weighted by atomic mass is 10.2. The highest BCUT2D eigenvalue weighted by Gasteiger charge is 2.12. The lowest BCUT2D eigenvalue weighted by Gasteiger charge is -2.13. The highest BCUT2D eigenvalue weighted by atomic mass is 16.5. The molecule has 0 atom stereocenters. The first-order valence-electron chi connectivity index (χ1n) is 7.98. The van der Waals surface area contributed by atoms with E-state index in [4.69, 9.17) is 19.9 Å². The number of aliphatic imine (C=N–C) groups is 1. The number of benzene rings is 1. The van der Waals surface area contributed by atoms with Crippen LogP contribution in [0.5, 0.6) is 17.2 Å². The van der Waals surface area contributed by atoms with Crippen LogP contribution in [0.4, 0.5) is 0 Å². The molecule has 0 heterocycles. The van der Waals surface area contributed by atoms with Crippen LogP contribution in [-0.4, -0.2) is 33.8 Å². The van der Waals surface area contributed by atoms with Crippen molar-refractivity contribution in [3.8, 4) is 17.2 Å². The average Bonchev–Trinajstić information content (AvgIpc) is 2.58. The molecule has 1 aromatic carbocycles. The van der Waals surface area contributed by atoms with Gasteiger partial charge < -0.3 is 25.3 Å². The molecule has 0 aliphatic heterocycles. The van der Waals surface area contributed by atoms with Crippen LogP contribution >= 0.6 is 0 Å². The Hall–Kier alpha value is -2.11. The minimum absolute atomic E-state index is 0.449. The van der Waals surface area contributed by atoms with Crippen molar-refractivity contribution in [3.63, 3.8) is 0 Å². The number of guanidine groups is 1. The maximum atomic E-state index is 5.89. The fraction of sp³-hybridized carbons (Fsp3) is 0.588. The fourth-order valence-corrected chi connectivity index (χ4v) is 2.23. The summed E-state index contributed by atoms with van der Waals surface area (Å²) in [5, 5.41) is 3.13. The second-order valence-corrected chi connectivity index (χ2v) is 5.22. The Morgan fingerprint density at radius 2 is 1.70 bits per heavy atom. The molecule has 0 bridgehead atoms. The molecule has 0 saturated heterocycles. The van der Waals surface area contributed by atoms with Crippen LogP contribution in [0.3, 0.4) is 0 Å². The van der Waals surface area contributed by atoms with Crippen LogP contribution in [0.2, 0.25) is 0 Å². The molecule has 1 rings (SSSR count). The Kier molecular flexibility index (Phi) is 8.72. The molecule has 0 fully saturated rings. The monoisotopic (exact) mass is 323 g/mol. The van der Waals surface area contributed by atoms with E-state index < -0.39 is 0 Å². The van der Waals surface area contributed by atoms with E-state index >= 15 is 0 Å². The number of unbranched alkanes of at least 4 members (excludes halogenated alkanes) is 3. The van der Waals surface area contributed by atoms with E-state index in [1.807, 2.05) is 12.1 Å². The molecule has 23 heavy (non-hydrogen) atoms. The summed E-state index contributed by atoms with van der Waals surface area (Å²) >= 11 is 0. The van der Waals surface area contributed by atoms with Gasteiger partial charge in [-0.15, -0.1) is 0 Å². The topological polar surface area (TPSA) is 78.1 Å². The van der Waals surface area contributed by atoms with Crippen molar-refractivity contribution in [2.75, 3.05) is 27.9 Å². The van der Waals surface area contributed by atoms with Gasteiger partial charge in [-0.3, -0.25) is 0 Å². The largest absolute Gasteiger partial charge is 0.493 e. The molecule has 0 unspecified atom stereocenters. The normalized spacial score (nSPS) is 11.2. The highest BCUT2D eigenvalue weighted by Crippen LogP contribution is 2.38. The summed E-state index contributed by atoms with van der Waals surface area (Å²) in [6, 6.07) is 3.75. The van der Waals surface area contributed by atoms with Gasteiger partial charge in [0.15, 0.2) is 17.5 Å². The predicted molar refractivity (Wildman–Crippen MR) is 93.6 cm³/mol. The molecule has 0 amide bonds. The van der Waals surface area contributed by atoms with Crippen molar-refractivity contribution in [1.82, 2.24) is 5.32 Å². The molecular weight excluding hydrogens is 294 g/mol. The van der Waals surface area contributed by atoms with Gasteiger partial charge in [0.2, 0.25) is 5.75 Å². The highest BCUT2D eigenvalue weighted by molar-refractivity contribution is 5.77. The summed E-state index contributed by atoms with van der Waals surface area (Å²) in [7, 11) is 4.77. The standard InChI is InChI=1S/C17H29N3O3/c1-5-6-7-8-9-19-17(18)20-12-13-10-14(21-2)16(23-4)15(11-13)22-3/h10-11H,5-9,12H2,1-4H3,(H3,18,19,20). The number of nitrogens with zero attached hydrogens (tertiary/aromatic N) is 1. The maximum Gasteiger partial charge on any atom is 0.203 e. The minimum atomic E-state index is 0.449. The second kappa shape index (κ2) is 10.6. The SMILES string of the molecule is CCCCCCNC(N)=NCc1cc(OC)c(OC)c(OC)c1. The maximum absolute atomic E-state index is 5.89. The summed E-state index contributed by atoms with van der Waals surface area (Å²) in [6.07, 6.45) is 4.80. The molecule has 3 N–H and O–H groups in total. The van der Waals surface area contributed by atoms with Gasteiger partial charge in [0.05, 0.1) is 27.9 Å². The first-order chi connectivity index (χ1) is 11.2. The van der Waals surface area contributed by atoms with E-state index in [0.29, 0.717) is 29.8 Å². The Bertz CT molecular complexity index is 479. The summed E-state index contributed by atoms with van der Waals surface area (Å²) in [5.74, 6) is 2.26. The quantitative estimate of drug-likeness (QED) is 0.393. The molecule has 0 radical (unpaired) electrons. The molecule has 6 nitrogen and oxygen atoms in total. The van der Waals surface area contributed by atoms with E-state index in [0.717, 1.165) is 18.5 Å². The van der Waals surface area contributed by atoms with Crippen molar-refractivity contribution in [2.45, 2.75) is 39.2 Å². The number of nitrogens with one attached hydrogen (secondary N) is 1.